The van der Waals surface area contributed by atoms with Gasteiger partial charge in [-0.1, -0.05) is 12.1 Å². The molecule has 0 bridgehead atoms. The average Bonchev–Trinajstić information content (AvgIpc) is 3.14. The second-order valence-corrected chi connectivity index (χ2v) is 5.99. The Bertz CT molecular complexity index is 501. The maximum absolute atomic E-state index is 12.4. The fraction of sp³-hybridized carbons (Fsp3) is 0.562. The summed E-state index contributed by atoms with van der Waals surface area (Å²) in [5.41, 5.74) is 2.25. The third-order valence-electron chi connectivity index (χ3n) is 4.61. The van der Waals surface area contributed by atoms with Gasteiger partial charge in [0, 0.05) is 18.7 Å². The maximum atomic E-state index is 12.4. The van der Waals surface area contributed by atoms with Gasteiger partial charge in [0.05, 0.1) is 6.61 Å². The molecule has 1 aromatic rings. The molecule has 5 heteroatoms. The fourth-order valence-corrected chi connectivity index (χ4v) is 3.33. The van der Waals surface area contributed by atoms with Crippen molar-refractivity contribution in [3.05, 3.63) is 29.8 Å². The lowest BCUT2D eigenvalue weighted by molar-refractivity contribution is -0.118. The average molecular weight is 311 g/mol. The highest BCUT2D eigenvalue weighted by Gasteiger charge is 2.57. The molecule has 116 valence electrons. The molecule has 1 atom stereocenters. The van der Waals surface area contributed by atoms with Gasteiger partial charge in [0.1, 0.15) is 0 Å². The van der Waals surface area contributed by atoms with Crippen molar-refractivity contribution in [3.63, 3.8) is 0 Å². The lowest BCUT2D eigenvalue weighted by Gasteiger charge is -2.23. The first-order chi connectivity index (χ1) is 9.73. The van der Waals surface area contributed by atoms with Crippen molar-refractivity contribution in [2.24, 2.45) is 11.3 Å². The highest BCUT2D eigenvalue weighted by Crippen LogP contribution is 2.58. The van der Waals surface area contributed by atoms with E-state index in [2.05, 4.69) is 10.6 Å². The number of rotatable bonds is 4. The van der Waals surface area contributed by atoms with Gasteiger partial charge in [0.15, 0.2) is 0 Å². The van der Waals surface area contributed by atoms with Crippen LogP contribution in [0.4, 0.5) is 5.69 Å². The Morgan fingerprint density at radius 3 is 2.90 bits per heavy atom. The molecule has 1 amide bonds. The van der Waals surface area contributed by atoms with Gasteiger partial charge in [-0.2, -0.15) is 0 Å². The molecule has 1 unspecified atom stereocenters. The number of anilines is 1. The molecule has 0 radical (unpaired) electrons. The van der Waals surface area contributed by atoms with Crippen LogP contribution in [-0.4, -0.2) is 26.1 Å². The van der Waals surface area contributed by atoms with E-state index in [0.29, 0.717) is 12.0 Å². The first-order valence-electron chi connectivity index (χ1n) is 7.33. The smallest absolute Gasteiger partial charge is 0.228 e. The summed E-state index contributed by atoms with van der Waals surface area (Å²) in [6.07, 6.45) is 3.32. The summed E-state index contributed by atoms with van der Waals surface area (Å²) >= 11 is 0. The number of carbonyl (C=O) groups excluding carboxylic acids is 1. The number of carbonyl (C=O) groups is 1. The summed E-state index contributed by atoms with van der Waals surface area (Å²) in [5, 5.41) is 6.42. The summed E-state index contributed by atoms with van der Waals surface area (Å²) in [4.78, 5) is 12.4. The summed E-state index contributed by atoms with van der Waals surface area (Å²) < 4.78 is 5.12. The van der Waals surface area contributed by atoms with E-state index >= 15 is 0 Å². The zero-order valence-corrected chi connectivity index (χ0v) is 13.2. The molecule has 2 fully saturated rings. The van der Waals surface area contributed by atoms with Gasteiger partial charge < -0.3 is 15.4 Å². The van der Waals surface area contributed by atoms with Crippen LogP contribution in [0.2, 0.25) is 0 Å². The molecule has 1 aliphatic heterocycles. The van der Waals surface area contributed by atoms with Crippen LogP contribution in [0.3, 0.4) is 0 Å². The van der Waals surface area contributed by atoms with E-state index < -0.39 is 0 Å². The number of nitrogens with one attached hydrogen (secondary N) is 2. The third-order valence-corrected chi connectivity index (χ3v) is 4.61. The highest BCUT2D eigenvalue weighted by atomic mass is 35.5. The molecule has 1 spiro atoms. The largest absolute Gasteiger partial charge is 0.380 e. The number of amides is 1. The van der Waals surface area contributed by atoms with Crippen molar-refractivity contribution in [2.75, 3.05) is 25.5 Å². The van der Waals surface area contributed by atoms with Crippen LogP contribution in [0.15, 0.2) is 24.3 Å². The molecule has 0 aromatic heterocycles. The molecule has 4 nitrogen and oxygen atoms in total. The highest BCUT2D eigenvalue weighted by molar-refractivity contribution is 5.95. The number of hydrogen-bond donors (Lipinski definition) is 2. The number of benzene rings is 1. The van der Waals surface area contributed by atoms with Crippen molar-refractivity contribution in [2.45, 2.75) is 25.9 Å². The molecule has 2 aliphatic rings. The predicted molar refractivity (Wildman–Crippen MR) is 85.7 cm³/mol. The maximum Gasteiger partial charge on any atom is 0.228 e. The van der Waals surface area contributed by atoms with Crippen LogP contribution >= 0.6 is 12.4 Å². The molecule has 1 aromatic carbocycles. The summed E-state index contributed by atoms with van der Waals surface area (Å²) in [7, 11) is 1.68. The zero-order chi connectivity index (χ0) is 14.0. The number of methoxy groups -OCH3 is 1. The monoisotopic (exact) mass is 310 g/mol. The zero-order valence-electron chi connectivity index (χ0n) is 12.4. The number of halogens is 1. The van der Waals surface area contributed by atoms with Gasteiger partial charge >= 0.3 is 0 Å². The van der Waals surface area contributed by atoms with Crippen molar-refractivity contribution < 1.29 is 9.53 Å². The van der Waals surface area contributed by atoms with Crippen LogP contribution in [0.25, 0.3) is 0 Å². The fourth-order valence-electron chi connectivity index (χ4n) is 3.33. The van der Waals surface area contributed by atoms with Crippen molar-refractivity contribution in [1.82, 2.24) is 5.32 Å². The van der Waals surface area contributed by atoms with Crippen LogP contribution in [0.5, 0.6) is 0 Å². The van der Waals surface area contributed by atoms with Gasteiger partial charge in [-0.25, -0.2) is 0 Å². The van der Waals surface area contributed by atoms with Crippen molar-refractivity contribution >= 4 is 24.0 Å². The van der Waals surface area contributed by atoms with Crippen LogP contribution < -0.4 is 10.6 Å². The van der Waals surface area contributed by atoms with Crippen molar-refractivity contribution in [1.29, 1.82) is 0 Å². The lowest BCUT2D eigenvalue weighted by Crippen LogP contribution is -2.31. The standard InChI is InChI=1S/C16H22N2O2.ClH/c1-20-11-12-3-2-4-13(9-12)18-15(19)14-10-16(14)5-7-17-8-6-16;/h2-4,9,14,17H,5-8,10-11H2,1H3,(H,18,19);1H. The number of piperidine rings is 1. The van der Waals surface area contributed by atoms with E-state index in [0.717, 1.165) is 43.6 Å². The minimum absolute atomic E-state index is 0. The van der Waals surface area contributed by atoms with E-state index in [9.17, 15) is 4.79 Å². The van der Waals surface area contributed by atoms with E-state index in [-0.39, 0.29) is 24.2 Å². The van der Waals surface area contributed by atoms with E-state index in [1.54, 1.807) is 7.11 Å². The number of hydrogen-bond acceptors (Lipinski definition) is 3. The first kappa shape index (κ1) is 16.3. The molecule has 1 aliphatic carbocycles. The summed E-state index contributed by atoms with van der Waals surface area (Å²) in [5.74, 6) is 0.386. The Balaban J connectivity index is 0.00000161. The van der Waals surface area contributed by atoms with Crippen LogP contribution in [0, 0.1) is 11.3 Å². The minimum atomic E-state index is 0. The second-order valence-electron chi connectivity index (χ2n) is 5.99. The van der Waals surface area contributed by atoms with Crippen LogP contribution in [0.1, 0.15) is 24.8 Å². The Hall–Kier alpha value is -1.10. The van der Waals surface area contributed by atoms with E-state index in [1.165, 1.54) is 0 Å². The first-order valence-corrected chi connectivity index (χ1v) is 7.33. The number of ether oxygens (including phenoxy) is 1. The Labute approximate surface area is 132 Å². The predicted octanol–water partition coefficient (Wildman–Crippen LogP) is 2.58. The second kappa shape index (κ2) is 6.77. The van der Waals surface area contributed by atoms with Gasteiger partial charge in [-0.15, -0.1) is 12.4 Å². The molecule has 3 rings (SSSR count). The molecule has 1 heterocycles. The summed E-state index contributed by atoms with van der Waals surface area (Å²) in [6, 6.07) is 7.88. The molecule has 21 heavy (non-hydrogen) atoms. The molecular formula is C16H23ClN2O2. The molecule has 1 saturated carbocycles. The topological polar surface area (TPSA) is 50.4 Å². The Morgan fingerprint density at radius 2 is 2.19 bits per heavy atom. The van der Waals surface area contributed by atoms with E-state index in [1.807, 2.05) is 24.3 Å². The van der Waals surface area contributed by atoms with Gasteiger partial charge in [0.2, 0.25) is 5.91 Å². The lowest BCUT2D eigenvalue weighted by atomic mass is 9.92. The SMILES string of the molecule is COCc1cccc(NC(=O)C2CC23CCNCC3)c1.Cl. The third kappa shape index (κ3) is 3.57. The van der Waals surface area contributed by atoms with Crippen LogP contribution in [-0.2, 0) is 16.1 Å². The van der Waals surface area contributed by atoms with E-state index in [4.69, 9.17) is 4.74 Å². The van der Waals surface area contributed by atoms with Gasteiger partial charge in [-0.3, -0.25) is 4.79 Å². The van der Waals surface area contributed by atoms with Gasteiger partial charge in [-0.05, 0) is 55.5 Å². The Morgan fingerprint density at radius 1 is 1.43 bits per heavy atom. The minimum Gasteiger partial charge on any atom is -0.380 e. The molecule has 2 N–H and O–H groups in total. The summed E-state index contributed by atoms with van der Waals surface area (Å²) in [6.45, 7) is 2.67. The van der Waals surface area contributed by atoms with Crippen molar-refractivity contribution in [3.8, 4) is 0 Å². The molecule has 1 saturated heterocycles. The normalized spacial score (nSPS) is 22.4. The molecular weight excluding hydrogens is 288 g/mol. The Kier molecular flexibility index (Phi) is 5.25. The quantitative estimate of drug-likeness (QED) is 0.898. The van der Waals surface area contributed by atoms with Gasteiger partial charge in [0.25, 0.3) is 0 Å².